The average molecular weight is 193 g/mol. The van der Waals surface area contributed by atoms with Gasteiger partial charge in [-0.3, -0.25) is 0 Å². The lowest BCUT2D eigenvalue weighted by Crippen LogP contribution is -2.02. The van der Waals surface area contributed by atoms with Gasteiger partial charge in [-0.1, -0.05) is 0 Å². The second-order valence-electron chi connectivity index (χ2n) is 2.73. The molecule has 2 nitrogen and oxygen atoms in total. The number of benzene rings is 1. The molecule has 1 aromatic rings. The zero-order chi connectivity index (χ0) is 10.4. The van der Waals surface area contributed by atoms with E-state index in [2.05, 4.69) is 11.2 Å². The smallest absolute Gasteiger partial charge is 0.142 e. The molecule has 1 aromatic carbocycles. The molecular formula is C11H12FNO. The van der Waals surface area contributed by atoms with Crippen molar-refractivity contribution in [3.05, 3.63) is 24.0 Å². The monoisotopic (exact) mass is 193 g/mol. The summed E-state index contributed by atoms with van der Waals surface area (Å²) in [6, 6.07) is 4.31. The van der Waals surface area contributed by atoms with Crippen LogP contribution in [0.25, 0.3) is 0 Å². The Kier molecular flexibility index (Phi) is 3.81. The molecule has 74 valence electrons. The van der Waals surface area contributed by atoms with Crippen molar-refractivity contribution in [3.8, 4) is 18.1 Å². The molecule has 1 rings (SSSR count). The van der Waals surface area contributed by atoms with E-state index in [-0.39, 0.29) is 5.82 Å². The summed E-state index contributed by atoms with van der Waals surface area (Å²) in [5, 5.41) is 3.00. The lowest BCUT2D eigenvalue weighted by atomic mass is 10.2. The van der Waals surface area contributed by atoms with Gasteiger partial charge in [0.25, 0.3) is 0 Å². The molecule has 3 heteroatoms. The molecule has 0 amide bonds. The van der Waals surface area contributed by atoms with Gasteiger partial charge in [-0.25, -0.2) is 4.39 Å². The van der Waals surface area contributed by atoms with E-state index in [1.165, 1.54) is 12.1 Å². The van der Waals surface area contributed by atoms with Crippen LogP contribution in [0.5, 0.6) is 5.75 Å². The molecule has 0 fully saturated rings. The Labute approximate surface area is 83.1 Å². The Hall–Kier alpha value is -1.69. The summed E-state index contributed by atoms with van der Waals surface area (Å²) in [5.41, 5.74) is 0.628. The number of hydrogen-bond donors (Lipinski definition) is 1. The van der Waals surface area contributed by atoms with Crippen LogP contribution in [0.2, 0.25) is 0 Å². The van der Waals surface area contributed by atoms with Crippen molar-refractivity contribution >= 4 is 5.69 Å². The highest BCUT2D eigenvalue weighted by molar-refractivity contribution is 5.56. The van der Waals surface area contributed by atoms with E-state index in [1.54, 1.807) is 13.2 Å². The zero-order valence-corrected chi connectivity index (χ0v) is 8.01. The number of terminal acetylenes is 1. The van der Waals surface area contributed by atoms with Crippen molar-refractivity contribution < 1.29 is 9.13 Å². The van der Waals surface area contributed by atoms with Crippen LogP contribution < -0.4 is 10.1 Å². The molecule has 0 heterocycles. The van der Waals surface area contributed by atoms with Crippen molar-refractivity contribution in [2.24, 2.45) is 0 Å². The van der Waals surface area contributed by atoms with Gasteiger partial charge >= 0.3 is 0 Å². The first-order valence-electron chi connectivity index (χ1n) is 4.29. The van der Waals surface area contributed by atoms with E-state index in [0.29, 0.717) is 24.4 Å². The van der Waals surface area contributed by atoms with Gasteiger partial charge in [0.15, 0.2) is 0 Å². The highest BCUT2D eigenvalue weighted by Gasteiger charge is 2.02. The number of ether oxygens (including phenoxy) is 1. The molecule has 1 N–H and O–H groups in total. The van der Waals surface area contributed by atoms with E-state index < -0.39 is 0 Å². The van der Waals surface area contributed by atoms with Gasteiger partial charge in [-0.05, 0) is 12.1 Å². The standard InChI is InChI=1S/C11H12FNO/c1-3-4-7-13-10-8-9(12)5-6-11(10)14-2/h1,5-6,8,13H,4,7H2,2H3. The van der Waals surface area contributed by atoms with Gasteiger partial charge in [0.05, 0.1) is 12.8 Å². The minimum Gasteiger partial charge on any atom is -0.495 e. The number of hydrogen-bond acceptors (Lipinski definition) is 2. The molecular weight excluding hydrogens is 181 g/mol. The fraction of sp³-hybridized carbons (Fsp3) is 0.273. The summed E-state index contributed by atoms with van der Waals surface area (Å²) >= 11 is 0. The maximum atomic E-state index is 12.9. The molecule has 0 spiro atoms. The Balaban J connectivity index is 2.73. The van der Waals surface area contributed by atoms with Crippen LogP contribution in [0.3, 0.4) is 0 Å². The molecule has 0 radical (unpaired) electrons. The molecule has 0 aromatic heterocycles. The Bertz CT molecular complexity index is 344. The van der Waals surface area contributed by atoms with Crippen molar-refractivity contribution in [2.45, 2.75) is 6.42 Å². The second kappa shape index (κ2) is 5.13. The minimum atomic E-state index is -0.297. The highest BCUT2D eigenvalue weighted by atomic mass is 19.1. The van der Waals surface area contributed by atoms with Crippen LogP contribution in [0.4, 0.5) is 10.1 Å². The van der Waals surface area contributed by atoms with Crippen molar-refractivity contribution in [3.63, 3.8) is 0 Å². The molecule has 0 aliphatic rings. The number of nitrogens with one attached hydrogen (secondary N) is 1. The number of methoxy groups -OCH3 is 1. The Morgan fingerprint density at radius 1 is 1.57 bits per heavy atom. The first-order valence-corrected chi connectivity index (χ1v) is 4.29. The zero-order valence-electron chi connectivity index (χ0n) is 8.01. The van der Waals surface area contributed by atoms with Crippen molar-refractivity contribution in [1.29, 1.82) is 0 Å². The SMILES string of the molecule is C#CCCNc1cc(F)ccc1OC. The molecule has 14 heavy (non-hydrogen) atoms. The molecule has 0 saturated carbocycles. The van der Waals surface area contributed by atoms with E-state index in [1.807, 2.05) is 0 Å². The van der Waals surface area contributed by atoms with Gasteiger partial charge < -0.3 is 10.1 Å². The summed E-state index contributed by atoms with van der Waals surface area (Å²) in [6.45, 7) is 0.607. The fourth-order valence-electron chi connectivity index (χ4n) is 1.09. The van der Waals surface area contributed by atoms with Gasteiger partial charge in [0, 0.05) is 19.0 Å². The Morgan fingerprint density at radius 2 is 2.36 bits per heavy atom. The average Bonchev–Trinajstić information content (AvgIpc) is 2.19. The quantitative estimate of drug-likeness (QED) is 0.585. The lowest BCUT2D eigenvalue weighted by Gasteiger charge is -2.09. The third kappa shape index (κ3) is 2.67. The maximum Gasteiger partial charge on any atom is 0.142 e. The van der Waals surface area contributed by atoms with Crippen LogP contribution in [0.1, 0.15) is 6.42 Å². The lowest BCUT2D eigenvalue weighted by molar-refractivity contribution is 0.415. The summed E-state index contributed by atoms with van der Waals surface area (Å²) in [4.78, 5) is 0. The van der Waals surface area contributed by atoms with E-state index in [0.717, 1.165) is 0 Å². The van der Waals surface area contributed by atoms with Crippen LogP contribution in [-0.2, 0) is 0 Å². The molecule has 0 aliphatic carbocycles. The number of rotatable bonds is 4. The number of halogens is 1. The van der Waals surface area contributed by atoms with Gasteiger partial charge in [0.2, 0.25) is 0 Å². The third-order valence-corrected chi connectivity index (χ3v) is 1.75. The van der Waals surface area contributed by atoms with Crippen molar-refractivity contribution in [1.82, 2.24) is 0 Å². The van der Waals surface area contributed by atoms with Crippen LogP contribution >= 0.6 is 0 Å². The van der Waals surface area contributed by atoms with Gasteiger partial charge in [0.1, 0.15) is 11.6 Å². The van der Waals surface area contributed by atoms with E-state index >= 15 is 0 Å². The van der Waals surface area contributed by atoms with Crippen LogP contribution in [0.15, 0.2) is 18.2 Å². The molecule has 0 saturated heterocycles. The normalized spacial score (nSPS) is 9.21. The molecule has 0 atom stereocenters. The summed E-state index contributed by atoms with van der Waals surface area (Å²) in [6.07, 6.45) is 5.69. The van der Waals surface area contributed by atoms with Crippen LogP contribution in [0, 0.1) is 18.2 Å². The summed E-state index contributed by atoms with van der Waals surface area (Å²) in [5.74, 6) is 2.81. The molecule has 0 unspecified atom stereocenters. The topological polar surface area (TPSA) is 21.3 Å². The third-order valence-electron chi connectivity index (χ3n) is 1.75. The molecule has 0 aliphatic heterocycles. The van der Waals surface area contributed by atoms with Gasteiger partial charge in [-0.2, -0.15) is 0 Å². The highest BCUT2D eigenvalue weighted by Crippen LogP contribution is 2.24. The first-order chi connectivity index (χ1) is 6.77. The maximum absolute atomic E-state index is 12.9. The second-order valence-corrected chi connectivity index (χ2v) is 2.73. The minimum absolute atomic E-state index is 0.297. The first kappa shape index (κ1) is 10.4. The number of anilines is 1. The van der Waals surface area contributed by atoms with Gasteiger partial charge in [-0.15, -0.1) is 12.3 Å². The summed E-state index contributed by atoms with van der Waals surface area (Å²) < 4.78 is 17.9. The van der Waals surface area contributed by atoms with Crippen LogP contribution in [-0.4, -0.2) is 13.7 Å². The van der Waals surface area contributed by atoms with E-state index in [4.69, 9.17) is 11.2 Å². The predicted molar refractivity (Wildman–Crippen MR) is 54.9 cm³/mol. The Morgan fingerprint density at radius 3 is 3.00 bits per heavy atom. The summed E-state index contributed by atoms with van der Waals surface area (Å²) in [7, 11) is 1.54. The van der Waals surface area contributed by atoms with E-state index in [9.17, 15) is 4.39 Å². The molecule has 0 bridgehead atoms. The predicted octanol–water partition coefficient (Wildman–Crippen LogP) is 2.27. The largest absolute Gasteiger partial charge is 0.495 e. The van der Waals surface area contributed by atoms with Crippen molar-refractivity contribution in [2.75, 3.05) is 19.0 Å². The fourth-order valence-corrected chi connectivity index (χ4v) is 1.09.